The fourth-order valence-electron chi connectivity index (χ4n) is 1.60. The van der Waals surface area contributed by atoms with E-state index in [0.717, 1.165) is 12.0 Å². The third-order valence-corrected chi connectivity index (χ3v) is 2.79. The quantitative estimate of drug-likeness (QED) is 0.874. The number of benzene rings is 1. The summed E-state index contributed by atoms with van der Waals surface area (Å²) >= 11 is 0. The lowest BCUT2D eigenvalue weighted by atomic mass is 10.1. The molecule has 5 heteroatoms. The van der Waals surface area contributed by atoms with E-state index in [0.29, 0.717) is 18.3 Å². The van der Waals surface area contributed by atoms with Gasteiger partial charge in [-0.1, -0.05) is 17.3 Å². The van der Waals surface area contributed by atoms with E-state index in [1.165, 1.54) is 5.56 Å². The Bertz CT molecular complexity index is 493. The standard InChI is InChI=1S/C13H17N3O2/c1-9(17-2)12-15-13(18-16-12)11-5-3-10(4-6-11)7-8-14/h3-6,9H,7-8,14H2,1-2H3. The zero-order chi connectivity index (χ0) is 13.0. The van der Waals surface area contributed by atoms with Crippen LogP contribution in [0.3, 0.4) is 0 Å². The van der Waals surface area contributed by atoms with E-state index in [4.69, 9.17) is 15.0 Å². The third kappa shape index (κ3) is 2.75. The minimum absolute atomic E-state index is 0.168. The molecular formula is C13H17N3O2. The molecule has 0 aliphatic heterocycles. The van der Waals surface area contributed by atoms with Gasteiger partial charge in [-0.25, -0.2) is 0 Å². The minimum Gasteiger partial charge on any atom is -0.374 e. The molecule has 5 nitrogen and oxygen atoms in total. The van der Waals surface area contributed by atoms with Gasteiger partial charge in [0.25, 0.3) is 5.89 Å². The topological polar surface area (TPSA) is 74.2 Å². The van der Waals surface area contributed by atoms with Crippen LogP contribution in [0.2, 0.25) is 0 Å². The van der Waals surface area contributed by atoms with Gasteiger partial charge in [0.05, 0.1) is 0 Å². The van der Waals surface area contributed by atoms with Crippen LogP contribution in [0.4, 0.5) is 0 Å². The maximum atomic E-state index is 5.51. The third-order valence-electron chi connectivity index (χ3n) is 2.79. The average molecular weight is 247 g/mol. The molecule has 2 aromatic rings. The second-order valence-corrected chi connectivity index (χ2v) is 4.07. The molecule has 1 aromatic heterocycles. The van der Waals surface area contributed by atoms with Crippen molar-refractivity contribution in [3.05, 3.63) is 35.7 Å². The molecule has 2 N–H and O–H groups in total. The van der Waals surface area contributed by atoms with Crippen LogP contribution in [0.25, 0.3) is 11.5 Å². The number of ether oxygens (including phenoxy) is 1. The second-order valence-electron chi connectivity index (χ2n) is 4.07. The first-order valence-corrected chi connectivity index (χ1v) is 5.90. The Hall–Kier alpha value is -1.72. The molecule has 1 unspecified atom stereocenters. The van der Waals surface area contributed by atoms with E-state index in [1.807, 2.05) is 31.2 Å². The predicted molar refractivity (Wildman–Crippen MR) is 67.9 cm³/mol. The second kappa shape index (κ2) is 5.75. The van der Waals surface area contributed by atoms with Crippen LogP contribution in [-0.4, -0.2) is 23.8 Å². The molecule has 0 saturated heterocycles. The number of hydrogen-bond donors (Lipinski definition) is 1. The molecule has 0 fully saturated rings. The summed E-state index contributed by atoms with van der Waals surface area (Å²) < 4.78 is 10.3. The first-order chi connectivity index (χ1) is 8.74. The normalized spacial score (nSPS) is 12.6. The number of aromatic nitrogens is 2. The highest BCUT2D eigenvalue weighted by Crippen LogP contribution is 2.20. The van der Waals surface area contributed by atoms with Gasteiger partial charge in [0.1, 0.15) is 6.10 Å². The predicted octanol–water partition coefficient (Wildman–Crippen LogP) is 1.95. The van der Waals surface area contributed by atoms with Crippen LogP contribution in [-0.2, 0) is 11.2 Å². The maximum Gasteiger partial charge on any atom is 0.258 e. The summed E-state index contributed by atoms with van der Waals surface area (Å²) in [6.45, 7) is 2.52. The summed E-state index contributed by atoms with van der Waals surface area (Å²) in [6.07, 6.45) is 0.704. The first kappa shape index (κ1) is 12.7. The van der Waals surface area contributed by atoms with Gasteiger partial charge in [0.15, 0.2) is 0 Å². The summed E-state index contributed by atoms with van der Waals surface area (Å²) in [6, 6.07) is 7.96. The first-order valence-electron chi connectivity index (χ1n) is 5.90. The number of hydrogen-bond acceptors (Lipinski definition) is 5. The molecule has 0 aliphatic rings. The molecule has 0 radical (unpaired) electrons. The van der Waals surface area contributed by atoms with Gasteiger partial charge < -0.3 is 15.0 Å². The van der Waals surface area contributed by atoms with Crippen molar-refractivity contribution in [1.82, 2.24) is 10.1 Å². The fourth-order valence-corrected chi connectivity index (χ4v) is 1.60. The van der Waals surface area contributed by atoms with Gasteiger partial charge in [0, 0.05) is 12.7 Å². The highest BCUT2D eigenvalue weighted by Gasteiger charge is 2.13. The van der Waals surface area contributed by atoms with E-state index < -0.39 is 0 Å². The van der Waals surface area contributed by atoms with Gasteiger partial charge in [-0.3, -0.25) is 0 Å². The zero-order valence-corrected chi connectivity index (χ0v) is 10.6. The van der Waals surface area contributed by atoms with Crippen molar-refractivity contribution in [3.63, 3.8) is 0 Å². The lowest BCUT2D eigenvalue weighted by Gasteiger charge is -2.01. The fraction of sp³-hybridized carbons (Fsp3) is 0.385. The molecule has 1 heterocycles. The maximum absolute atomic E-state index is 5.51. The van der Waals surface area contributed by atoms with Crippen molar-refractivity contribution in [2.24, 2.45) is 5.73 Å². The van der Waals surface area contributed by atoms with E-state index in [1.54, 1.807) is 7.11 Å². The Morgan fingerprint density at radius 1 is 1.33 bits per heavy atom. The monoisotopic (exact) mass is 247 g/mol. The number of nitrogens with zero attached hydrogens (tertiary/aromatic N) is 2. The Labute approximate surface area is 106 Å². The van der Waals surface area contributed by atoms with Gasteiger partial charge in [0.2, 0.25) is 5.82 Å². The Balaban J connectivity index is 2.18. The van der Waals surface area contributed by atoms with E-state index in [9.17, 15) is 0 Å². The molecule has 1 aromatic carbocycles. The summed E-state index contributed by atoms with van der Waals surface area (Å²) in [5, 5.41) is 3.89. The molecule has 1 atom stereocenters. The molecule has 2 rings (SSSR count). The largest absolute Gasteiger partial charge is 0.374 e. The van der Waals surface area contributed by atoms with Gasteiger partial charge in [-0.15, -0.1) is 0 Å². The van der Waals surface area contributed by atoms with Crippen molar-refractivity contribution in [3.8, 4) is 11.5 Å². The van der Waals surface area contributed by atoms with Gasteiger partial charge >= 0.3 is 0 Å². The zero-order valence-electron chi connectivity index (χ0n) is 10.6. The van der Waals surface area contributed by atoms with E-state index >= 15 is 0 Å². The van der Waals surface area contributed by atoms with Gasteiger partial charge in [-0.05, 0) is 37.6 Å². The van der Waals surface area contributed by atoms with Gasteiger partial charge in [-0.2, -0.15) is 4.98 Å². The van der Waals surface area contributed by atoms with Crippen LogP contribution in [0.5, 0.6) is 0 Å². The van der Waals surface area contributed by atoms with Crippen molar-refractivity contribution in [1.29, 1.82) is 0 Å². The molecule has 0 amide bonds. The summed E-state index contributed by atoms with van der Waals surface area (Å²) in [5.41, 5.74) is 7.61. The lowest BCUT2D eigenvalue weighted by Crippen LogP contribution is -2.02. The molecule has 18 heavy (non-hydrogen) atoms. The number of nitrogens with two attached hydrogens (primary N) is 1. The number of rotatable bonds is 5. The molecule has 0 spiro atoms. The molecule has 0 aliphatic carbocycles. The number of methoxy groups -OCH3 is 1. The Kier molecular flexibility index (Phi) is 4.07. The SMILES string of the molecule is COC(C)c1noc(-c2ccc(CCN)cc2)n1. The van der Waals surface area contributed by atoms with Crippen LogP contribution in [0, 0.1) is 0 Å². The van der Waals surface area contributed by atoms with Crippen molar-refractivity contribution in [2.45, 2.75) is 19.4 Å². The Morgan fingerprint density at radius 3 is 2.67 bits per heavy atom. The van der Waals surface area contributed by atoms with Crippen LogP contribution < -0.4 is 5.73 Å². The van der Waals surface area contributed by atoms with Crippen LogP contribution in [0.1, 0.15) is 24.4 Å². The van der Waals surface area contributed by atoms with Crippen molar-refractivity contribution in [2.75, 3.05) is 13.7 Å². The minimum atomic E-state index is -0.168. The van der Waals surface area contributed by atoms with Crippen molar-refractivity contribution >= 4 is 0 Å². The molecule has 96 valence electrons. The Morgan fingerprint density at radius 2 is 2.06 bits per heavy atom. The van der Waals surface area contributed by atoms with E-state index in [-0.39, 0.29) is 6.10 Å². The molecular weight excluding hydrogens is 230 g/mol. The summed E-state index contributed by atoms with van der Waals surface area (Å²) in [5.74, 6) is 1.06. The molecule has 0 bridgehead atoms. The highest BCUT2D eigenvalue weighted by molar-refractivity contribution is 5.53. The lowest BCUT2D eigenvalue weighted by molar-refractivity contribution is 0.109. The van der Waals surface area contributed by atoms with Crippen LogP contribution in [0.15, 0.2) is 28.8 Å². The summed E-state index contributed by atoms with van der Waals surface area (Å²) in [7, 11) is 1.61. The average Bonchev–Trinajstić information content (AvgIpc) is 2.89. The smallest absolute Gasteiger partial charge is 0.258 e. The van der Waals surface area contributed by atoms with Crippen LogP contribution >= 0.6 is 0 Å². The highest BCUT2D eigenvalue weighted by atomic mass is 16.5. The van der Waals surface area contributed by atoms with Crippen molar-refractivity contribution < 1.29 is 9.26 Å². The molecule has 0 saturated carbocycles. The summed E-state index contributed by atoms with van der Waals surface area (Å²) in [4.78, 5) is 4.30. The van der Waals surface area contributed by atoms with E-state index in [2.05, 4.69) is 10.1 Å².